The van der Waals surface area contributed by atoms with E-state index in [0.29, 0.717) is 17.9 Å². The number of imidazole rings is 1. The topological polar surface area (TPSA) is 93.0 Å². The van der Waals surface area contributed by atoms with Gasteiger partial charge in [-0.25, -0.2) is 19.9 Å². The molecular weight excluding hydrogens is 476 g/mol. The summed E-state index contributed by atoms with van der Waals surface area (Å²) in [7, 11) is 0. The molecule has 5 aromatic rings. The van der Waals surface area contributed by atoms with E-state index in [2.05, 4.69) is 66.2 Å². The van der Waals surface area contributed by atoms with Crippen molar-refractivity contribution in [1.82, 2.24) is 29.8 Å². The number of benzene rings is 2. The number of ether oxygens (including phenoxy) is 1. The molecule has 38 heavy (non-hydrogen) atoms. The summed E-state index contributed by atoms with van der Waals surface area (Å²) in [4.78, 5) is 21.0. The van der Waals surface area contributed by atoms with Crippen LogP contribution in [0, 0.1) is 6.92 Å². The Morgan fingerprint density at radius 1 is 0.974 bits per heavy atom. The molecule has 0 spiro atoms. The van der Waals surface area contributed by atoms with Crippen molar-refractivity contribution < 1.29 is 4.74 Å². The average Bonchev–Trinajstić information content (AvgIpc) is 3.46. The molecule has 2 aliphatic rings. The number of rotatable bonds is 6. The van der Waals surface area contributed by atoms with Crippen molar-refractivity contribution in [2.45, 2.75) is 45.3 Å². The van der Waals surface area contributed by atoms with Crippen LogP contribution < -0.4 is 20.3 Å². The van der Waals surface area contributed by atoms with Gasteiger partial charge in [-0.05, 0) is 74.7 Å². The molecule has 2 fully saturated rings. The third-order valence-corrected chi connectivity index (χ3v) is 7.71. The van der Waals surface area contributed by atoms with Gasteiger partial charge < -0.3 is 24.8 Å². The first-order valence-corrected chi connectivity index (χ1v) is 13.3. The van der Waals surface area contributed by atoms with Crippen molar-refractivity contribution in [1.29, 1.82) is 0 Å². The van der Waals surface area contributed by atoms with Crippen LogP contribution in [0.15, 0.2) is 61.2 Å². The Balaban J connectivity index is 1.14. The van der Waals surface area contributed by atoms with Crippen molar-refractivity contribution in [3.05, 3.63) is 66.7 Å². The van der Waals surface area contributed by atoms with E-state index < -0.39 is 0 Å². The second-order valence-corrected chi connectivity index (χ2v) is 10.1. The Morgan fingerprint density at radius 3 is 2.66 bits per heavy atom. The lowest BCUT2D eigenvalue weighted by Crippen LogP contribution is -2.52. The number of nitrogens with one attached hydrogen (secondary N) is 2. The normalized spacial score (nSPS) is 18.8. The van der Waals surface area contributed by atoms with Gasteiger partial charge in [0, 0.05) is 43.5 Å². The van der Waals surface area contributed by atoms with Crippen LogP contribution >= 0.6 is 0 Å². The Bertz CT molecular complexity index is 1630. The smallest absolute Gasteiger partial charge is 0.160 e. The first kappa shape index (κ1) is 22.9. The Hall–Kier alpha value is -4.24. The van der Waals surface area contributed by atoms with Crippen LogP contribution in [0.1, 0.15) is 25.3 Å². The van der Waals surface area contributed by atoms with Crippen LogP contribution in [0.4, 0.5) is 17.3 Å². The van der Waals surface area contributed by atoms with Crippen molar-refractivity contribution in [3.63, 3.8) is 0 Å². The zero-order chi connectivity index (χ0) is 25.6. The van der Waals surface area contributed by atoms with E-state index >= 15 is 0 Å². The van der Waals surface area contributed by atoms with Gasteiger partial charge in [0.2, 0.25) is 0 Å². The van der Waals surface area contributed by atoms with Gasteiger partial charge in [0.1, 0.15) is 29.2 Å². The van der Waals surface area contributed by atoms with E-state index in [1.165, 1.54) is 12.8 Å². The summed E-state index contributed by atoms with van der Waals surface area (Å²) in [5, 5.41) is 7.01. The monoisotopic (exact) mass is 506 g/mol. The molecule has 7 rings (SSSR count). The first-order chi connectivity index (χ1) is 18.7. The summed E-state index contributed by atoms with van der Waals surface area (Å²) in [5.41, 5.74) is 5.57. The number of aryl methyl sites for hydroxylation is 2. The molecule has 192 valence electrons. The molecule has 9 heteroatoms. The number of hydrogen-bond acceptors (Lipinski definition) is 8. The second kappa shape index (κ2) is 9.25. The third kappa shape index (κ3) is 3.99. The predicted molar refractivity (Wildman–Crippen MR) is 149 cm³/mol. The molecular formula is C29H30N8O. The number of fused-ring (bicyclic) bond motifs is 4. The number of piperazine rings is 1. The molecule has 0 amide bonds. The number of pyridine rings is 1. The molecule has 2 bridgehead atoms. The van der Waals surface area contributed by atoms with Crippen molar-refractivity contribution in [2.24, 2.45) is 0 Å². The number of nitrogens with zero attached hydrogens (tertiary/aromatic N) is 6. The Labute approximate surface area is 220 Å². The fraction of sp³-hybridized carbons (Fsp3) is 0.310. The molecule has 5 heterocycles. The van der Waals surface area contributed by atoms with Gasteiger partial charge in [-0.15, -0.1) is 0 Å². The number of anilines is 3. The average molecular weight is 507 g/mol. The molecule has 2 aliphatic heterocycles. The lowest BCUT2D eigenvalue weighted by Gasteiger charge is -2.36. The lowest BCUT2D eigenvalue weighted by molar-refractivity contribution is 0.479. The predicted octanol–water partition coefficient (Wildman–Crippen LogP) is 5.18. The standard InChI is InChI=1S/C29H30N8O/c1-3-36-17-33-24-13-22(7-9-25(24)36)38-26-10-4-19(12-18(26)2)34-29-28-23(31-16-32-29)8-11-27(35-28)37-20-5-6-21(37)15-30-14-20/h4,7-13,16-17,20-21,30H,3,5-6,14-15H2,1-2H3,(H,31,32,34). The maximum Gasteiger partial charge on any atom is 0.160 e. The highest BCUT2D eigenvalue weighted by atomic mass is 16.5. The largest absolute Gasteiger partial charge is 0.457 e. The zero-order valence-corrected chi connectivity index (χ0v) is 21.6. The van der Waals surface area contributed by atoms with Crippen LogP contribution in [0.2, 0.25) is 0 Å². The van der Waals surface area contributed by atoms with Crippen LogP contribution in [-0.2, 0) is 6.54 Å². The third-order valence-electron chi connectivity index (χ3n) is 7.71. The summed E-state index contributed by atoms with van der Waals surface area (Å²) < 4.78 is 8.34. The summed E-state index contributed by atoms with van der Waals surface area (Å²) in [6.45, 7) is 7.06. The van der Waals surface area contributed by atoms with Gasteiger partial charge >= 0.3 is 0 Å². The fourth-order valence-electron chi connectivity index (χ4n) is 5.78. The summed E-state index contributed by atoms with van der Waals surface area (Å²) in [6.07, 6.45) is 5.86. The molecule has 0 radical (unpaired) electrons. The van der Waals surface area contributed by atoms with Crippen LogP contribution in [-0.4, -0.2) is 49.7 Å². The van der Waals surface area contributed by atoms with E-state index in [1.807, 2.05) is 37.5 Å². The minimum absolute atomic E-state index is 0.498. The number of hydrogen-bond donors (Lipinski definition) is 2. The SMILES string of the molecule is CCn1cnc2cc(Oc3ccc(Nc4ncnc5ccc(N6C7CCC6CNC7)nc45)cc3C)ccc21. The first-order valence-electron chi connectivity index (χ1n) is 13.3. The van der Waals surface area contributed by atoms with Gasteiger partial charge in [0.25, 0.3) is 0 Å². The molecule has 0 saturated carbocycles. The minimum Gasteiger partial charge on any atom is -0.457 e. The highest BCUT2D eigenvalue weighted by Gasteiger charge is 2.37. The van der Waals surface area contributed by atoms with E-state index in [9.17, 15) is 0 Å². The Morgan fingerprint density at radius 2 is 1.84 bits per heavy atom. The maximum absolute atomic E-state index is 6.22. The molecule has 9 nitrogen and oxygen atoms in total. The Kier molecular flexibility index (Phi) is 5.58. The van der Waals surface area contributed by atoms with Crippen LogP contribution in [0.5, 0.6) is 11.5 Å². The van der Waals surface area contributed by atoms with Crippen LogP contribution in [0.3, 0.4) is 0 Å². The van der Waals surface area contributed by atoms with Gasteiger partial charge in [-0.2, -0.15) is 0 Å². The van der Waals surface area contributed by atoms with E-state index in [-0.39, 0.29) is 0 Å². The molecule has 0 aliphatic carbocycles. The second-order valence-electron chi connectivity index (χ2n) is 10.1. The van der Waals surface area contributed by atoms with E-state index in [4.69, 9.17) is 9.72 Å². The van der Waals surface area contributed by atoms with Gasteiger partial charge in [0.15, 0.2) is 5.82 Å². The molecule has 2 N–H and O–H groups in total. The van der Waals surface area contributed by atoms with Crippen LogP contribution in [0.25, 0.3) is 22.1 Å². The lowest BCUT2D eigenvalue weighted by atomic mass is 10.2. The summed E-state index contributed by atoms with van der Waals surface area (Å²) in [5.74, 6) is 3.27. The van der Waals surface area contributed by atoms with Gasteiger partial charge in [0.05, 0.1) is 22.9 Å². The number of aromatic nitrogens is 5. The highest BCUT2D eigenvalue weighted by Crippen LogP contribution is 2.34. The highest BCUT2D eigenvalue weighted by molar-refractivity contribution is 5.88. The maximum atomic E-state index is 6.22. The van der Waals surface area contributed by atoms with Crippen molar-refractivity contribution in [2.75, 3.05) is 23.3 Å². The van der Waals surface area contributed by atoms with Crippen molar-refractivity contribution in [3.8, 4) is 11.5 Å². The molecule has 2 atom stereocenters. The molecule has 2 unspecified atom stereocenters. The molecule has 3 aromatic heterocycles. The minimum atomic E-state index is 0.498. The molecule has 2 saturated heterocycles. The summed E-state index contributed by atoms with van der Waals surface area (Å²) in [6, 6.07) is 17.2. The van der Waals surface area contributed by atoms with Gasteiger partial charge in [-0.3, -0.25) is 0 Å². The quantitative estimate of drug-likeness (QED) is 0.326. The van der Waals surface area contributed by atoms with E-state index in [0.717, 1.165) is 70.3 Å². The fourth-order valence-corrected chi connectivity index (χ4v) is 5.78. The zero-order valence-electron chi connectivity index (χ0n) is 21.6. The van der Waals surface area contributed by atoms with E-state index in [1.54, 1.807) is 6.33 Å². The molecule has 2 aromatic carbocycles. The van der Waals surface area contributed by atoms with Crippen molar-refractivity contribution >= 4 is 39.4 Å². The summed E-state index contributed by atoms with van der Waals surface area (Å²) >= 11 is 0. The van der Waals surface area contributed by atoms with Gasteiger partial charge in [-0.1, -0.05) is 0 Å².